The van der Waals surface area contributed by atoms with Gasteiger partial charge in [-0.3, -0.25) is 0 Å². The summed E-state index contributed by atoms with van der Waals surface area (Å²) in [6.07, 6.45) is 0.832. The third kappa shape index (κ3) is 3.46. The molecule has 0 saturated heterocycles. The van der Waals surface area contributed by atoms with Gasteiger partial charge in [-0.2, -0.15) is 12.6 Å². The first kappa shape index (κ1) is 13.0. The lowest BCUT2D eigenvalue weighted by Crippen LogP contribution is -2.06. The van der Waals surface area contributed by atoms with Gasteiger partial charge in [0.05, 0.1) is 5.69 Å². The normalized spacial score (nSPS) is 11.9. The van der Waals surface area contributed by atoms with Crippen molar-refractivity contribution in [2.24, 2.45) is 0 Å². The number of hydrogen-bond donors (Lipinski definition) is 1. The standard InChI is InChI=1S/C9H15NO2S3/c1-3-7-8(5-13)14-9(10-7)6-15(11,12)4-2/h13H,3-6H2,1-2H3. The molecule has 86 valence electrons. The maximum atomic E-state index is 11.4. The highest BCUT2D eigenvalue weighted by molar-refractivity contribution is 7.90. The second-order valence-electron chi connectivity index (χ2n) is 3.17. The first-order valence-corrected chi connectivity index (χ1v) is 8.08. The highest BCUT2D eigenvalue weighted by Gasteiger charge is 2.14. The molecule has 15 heavy (non-hydrogen) atoms. The average Bonchev–Trinajstić information content (AvgIpc) is 2.59. The molecule has 0 aliphatic heterocycles. The number of thiazole rings is 1. The summed E-state index contributed by atoms with van der Waals surface area (Å²) in [5, 5.41) is 0.692. The predicted octanol–water partition coefficient (Wildman–Crippen LogP) is 2.07. The largest absolute Gasteiger partial charge is 0.245 e. The summed E-state index contributed by atoms with van der Waals surface area (Å²) >= 11 is 5.66. The summed E-state index contributed by atoms with van der Waals surface area (Å²) in [5.41, 5.74) is 0.983. The van der Waals surface area contributed by atoms with Gasteiger partial charge in [0.1, 0.15) is 10.8 Å². The Hall–Kier alpha value is -0.0700. The third-order valence-corrected chi connectivity index (χ3v) is 5.49. The number of thiol groups is 1. The van der Waals surface area contributed by atoms with Crippen molar-refractivity contribution < 1.29 is 8.42 Å². The van der Waals surface area contributed by atoms with Crippen LogP contribution in [-0.4, -0.2) is 19.2 Å². The lowest BCUT2D eigenvalue weighted by Gasteiger charge is -1.95. The van der Waals surface area contributed by atoms with Crippen molar-refractivity contribution in [1.82, 2.24) is 4.98 Å². The molecule has 1 aromatic heterocycles. The molecule has 1 aromatic rings. The van der Waals surface area contributed by atoms with Gasteiger partial charge < -0.3 is 0 Å². The highest BCUT2D eigenvalue weighted by atomic mass is 32.2. The molecule has 0 amide bonds. The maximum absolute atomic E-state index is 11.4. The van der Waals surface area contributed by atoms with Crippen LogP contribution in [0.25, 0.3) is 0 Å². The molecule has 1 rings (SSSR count). The van der Waals surface area contributed by atoms with Gasteiger partial charge in [0.15, 0.2) is 9.84 Å². The van der Waals surface area contributed by atoms with Crippen LogP contribution in [0.2, 0.25) is 0 Å². The summed E-state index contributed by atoms with van der Waals surface area (Å²) in [6.45, 7) is 3.67. The minimum Gasteiger partial charge on any atom is -0.245 e. The molecule has 3 nitrogen and oxygen atoms in total. The average molecular weight is 265 g/mol. The molecule has 0 spiro atoms. The van der Waals surface area contributed by atoms with E-state index in [1.54, 1.807) is 6.92 Å². The molecule has 0 atom stereocenters. The Labute approximate surface area is 100 Å². The van der Waals surface area contributed by atoms with E-state index in [4.69, 9.17) is 0 Å². The summed E-state index contributed by atoms with van der Waals surface area (Å²) in [4.78, 5) is 5.41. The van der Waals surface area contributed by atoms with Gasteiger partial charge in [0.25, 0.3) is 0 Å². The molecule has 0 radical (unpaired) electrons. The number of aromatic nitrogens is 1. The Morgan fingerprint density at radius 3 is 2.47 bits per heavy atom. The molecule has 0 aliphatic carbocycles. The van der Waals surface area contributed by atoms with Crippen LogP contribution in [0.4, 0.5) is 0 Å². The molecule has 0 aromatic carbocycles. The maximum Gasteiger partial charge on any atom is 0.156 e. The molecule has 0 unspecified atom stereocenters. The Morgan fingerprint density at radius 2 is 2.07 bits per heavy atom. The van der Waals surface area contributed by atoms with Crippen molar-refractivity contribution in [3.05, 3.63) is 15.6 Å². The van der Waals surface area contributed by atoms with Crippen LogP contribution >= 0.6 is 24.0 Å². The molecule has 0 aliphatic rings. The van der Waals surface area contributed by atoms with Crippen molar-refractivity contribution in [3.8, 4) is 0 Å². The first-order valence-electron chi connectivity index (χ1n) is 4.81. The number of hydrogen-bond acceptors (Lipinski definition) is 5. The van der Waals surface area contributed by atoms with Crippen molar-refractivity contribution >= 4 is 33.8 Å². The van der Waals surface area contributed by atoms with Crippen LogP contribution in [-0.2, 0) is 27.8 Å². The fraction of sp³-hybridized carbons (Fsp3) is 0.667. The van der Waals surface area contributed by atoms with E-state index in [0.29, 0.717) is 10.8 Å². The van der Waals surface area contributed by atoms with Crippen molar-refractivity contribution in [2.75, 3.05) is 5.75 Å². The van der Waals surface area contributed by atoms with E-state index in [2.05, 4.69) is 17.6 Å². The molecule has 6 heteroatoms. The van der Waals surface area contributed by atoms with Gasteiger partial charge in [-0.25, -0.2) is 13.4 Å². The van der Waals surface area contributed by atoms with E-state index in [1.807, 2.05) is 6.92 Å². The second kappa shape index (κ2) is 5.32. The summed E-state index contributed by atoms with van der Waals surface area (Å²) in [6, 6.07) is 0. The van der Waals surface area contributed by atoms with Crippen molar-refractivity contribution in [2.45, 2.75) is 31.8 Å². The predicted molar refractivity (Wildman–Crippen MR) is 67.3 cm³/mol. The third-order valence-electron chi connectivity index (χ3n) is 2.08. The Kier molecular flexibility index (Phi) is 4.61. The monoisotopic (exact) mass is 265 g/mol. The molecule has 1 heterocycles. The van der Waals surface area contributed by atoms with Crippen LogP contribution in [0.1, 0.15) is 29.4 Å². The van der Waals surface area contributed by atoms with Crippen molar-refractivity contribution in [1.29, 1.82) is 0 Å². The molecule has 0 N–H and O–H groups in total. The minimum atomic E-state index is -2.97. The van der Waals surface area contributed by atoms with Gasteiger partial charge in [-0.05, 0) is 6.42 Å². The zero-order valence-corrected chi connectivity index (χ0v) is 11.4. The van der Waals surface area contributed by atoms with E-state index in [9.17, 15) is 8.42 Å². The van der Waals surface area contributed by atoms with Crippen LogP contribution in [0.15, 0.2) is 0 Å². The Morgan fingerprint density at radius 1 is 1.40 bits per heavy atom. The fourth-order valence-electron chi connectivity index (χ4n) is 1.19. The smallest absolute Gasteiger partial charge is 0.156 e. The Bertz CT molecular complexity index is 401. The lowest BCUT2D eigenvalue weighted by atomic mass is 10.3. The van der Waals surface area contributed by atoms with Gasteiger partial charge in [-0.15, -0.1) is 11.3 Å². The van der Waals surface area contributed by atoms with Gasteiger partial charge >= 0.3 is 0 Å². The number of nitrogens with zero attached hydrogens (tertiary/aromatic N) is 1. The number of rotatable bonds is 5. The highest BCUT2D eigenvalue weighted by Crippen LogP contribution is 2.22. The summed E-state index contributed by atoms with van der Waals surface area (Å²) < 4.78 is 22.8. The lowest BCUT2D eigenvalue weighted by molar-refractivity contribution is 0.596. The molecule has 0 bridgehead atoms. The molecular weight excluding hydrogens is 250 g/mol. The number of aryl methyl sites for hydroxylation is 1. The summed E-state index contributed by atoms with van der Waals surface area (Å²) in [5.74, 6) is 0.867. The zero-order chi connectivity index (χ0) is 11.5. The number of sulfone groups is 1. The topological polar surface area (TPSA) is 47.0 Å². The summed E-state index contributed by atoms with van der Waals surface area (Å²) in [7, 11) is -2.97. The van der Waals surface area contributed by atoms with Crippen LogP contribution in [0.5, 0.6) is 0 Å². The molecular formula is C9H15NO2S3. The molecule has 0 saturated carbocycles. The van der Waals surface area contributed by atoms with E-state index in [1.165, 1.54) is 11.3 Å². The zero-order valence-electron chi connectivity index (χ0n) is 8.86. The first-order chi connectivity index (χ1) is 7.02. The second-order valence-corrected chi connectivity index (χ2v) is 7.00. The van der Waals surface area contributed by atoms with Crippen LogP contribution in [0.3, 0.4) is 0 Å². The van der Waals surface area contributed by atoms with E-state index < -0.39 is 9.84 Å². The fourth-order valence-corrected chi connectivity index (χ4v) is 3.80. The van der Waals surface area contributed by atoms with E-state index in [0.717, 1.165) is 17.0 Å². The van der Waals surface area contributed by atoms with E-state index >= 15 is 0 Å². The van der Waals surface area contributed by atoms with Gasteiger partial charge in [0, 0.05) is 16.4 Å². The van der Waals surface area contributed by atoms with Gasteiger partial charge in [-0.1, -0.05) is 13.8 Å². The van der Waals surface area contributed by atoms with Crippen LogP contribution in [0, 0.1) is 0 Å². The minimum absolute atomic E-state index is 0.0644. The quantitative estimate of drug-likeness (QED) is 0.829. The SMILES string of the molecule is CCc1nc(CS(=O)(=O)CC)sc1CS. The van der Waals surface area contributed by atoms with Crippen LogP contribution < -0.4 is 0 Å². The molecule has 0 fully saturated rings. The Balaban J connectivity index is 2.93. The van der Waals surface area contributed by atoms with E-state index in [-0.39, 0.29) is 11.5 Å². The van der Waals surface area contributed by atoms with Crippen molar-refractivity contribution in [3.63, 3.8) is 0 Å². The van der Waals surface area contributed by atoms with Gasteiger partial charge in [0.2, 0.25) is 0 Å².